The molecular formula is C11H14OS. The van der Waals surface area contributed by atoms with E-state index in [1.54, 1.807) is 11.3 Å². The molecule has 1 aromatic heterocycles. The zero-order valence-corrected chi connectivity index (χ0v) is 8.53. The van der Waals surface area contributed by atoms with E-state index in [1.165, 1.54) is 24.1 Å². The summed E-state index contributed by atoms with van der Waals surface area (Å²) >= 11 is 1.74. The predicted molar refractivity (Wildman–Crippen MR) is 55.4 cm³/mol. The molecule has 0 radical (unpaired) electrons. The van der Waals surface area contributed by atoms with Crippen LogP contribution in [-0.2, 0) is 6.42 Å². The summed E-state index contributed by atoms with van der Waals surface area (Å²) in [5.74, 6) is 0.359. The molecule has 2 heteroatoms. The quantitative estimate of drug-likeness (QED) is 0.618. The standard InChI is InChI=1S/C11H14OS/c12-10-5-3-1-2-4-6-11-9(10)7-8-13-11/h7-8H,1-6H2. The smallest absolute Gasteiger partial charge is 0.163 e. The normalized spacial score (nSPS) is 18.6. The fourth-order valence-corrected chi connectivity index (χ4v) is 2.78. The Morgan fingerprint density at radius 1 is 1.08 bits per heavy atom. The molecule has 0 aliphatic heterocycles. The number of hydrogen-bond acceptors (Lipinski definition) is 2. The molecule has 1 nitrogen and oxygen atoms in total. The van der Waals surface area contributed by atoms with Gasteiger partial charge in [0, 0.05) is 16.9 Å². The van der Waals surface area contributed by atoms with Gasteiger partial charge in [0.1, 0.15) is 0 Å². The fourth-order valence-electron chi connectivity index (χ4n) is 1.84. The van der Waals surface area contributed by atoms with E-state index < -0.39 is 0 Å². The number of fused-ring (bicyclic) bond motifs is 1. The van der Waals surface area contributed by atoms with Crippen LogP contribution >= 0.6 is 11.3 Å². The Morgan fingerprint density at radius 2 is 1.85 bits per heavy atom. The van der Waals surface area contributed by atoms with Crippen LogP contribution in [0.15, 0.2) is 11.4 Å². The van der Waals surface area contributed by atoms with Gasteiger partial charge in [-0.15, -0.1) is 11.3 Å². The molecule has 1 heterocycles. The number of hydrogen-bond donors (Lipinski definition) is 0. The molecule has 0 fully saturated rings. The third-order valence-electron chi connectivity index (χ3n) is 2.60. The van der Waals surface area contributed by atoms with Crippen LogP contribution in [0, 0.1) is 0 Å². The lowest BCUT2D eigenvalue weighted by Crippen LogP contribution is -1.98. The van der Waals surface area contributed by atoms with Gasteiger partial charge in [0.25, 0.3) is 0 Å². The molecule has 0 saturated carbocycles. The molecule has 0 N–H and O–H groups in total. The lowest BCUT2D eigenvalue weighted by Gasteiger charge is -1.98. The topological polar surface area (TPSA) is 17.1 Å². The van der Waals surface area contributed by atoms with Gasteiger partial charge in [0.15, 0.2) is 5.78 Å². The molecule has 70 valence electrons. The first kappa shape index (κ1) is 8.95. The van der Waals surface area contributed by atoms with Crippen LogP contribution in [0.4, 0.5) is 0 Å². The van der Waals surface area contributed by atoms with Crippen molar-refractivity contribution >= 4 is 17.1 Å². The minimum absolute atomic E-state index is 0.359. The first-order chi connectivity index (χ1) is 6.38. The maximum Gasteiger partial charge on any atom is 0.163 e. The Hall–Kier alpha value is -0.630. The zero-order chi connectivity index (χ0) is 9.10. The van der Waals surface area contributed by atoms with Gasteiger partial charge in [-0.25, -0.2) is 0 Å². The molecule has 0 spiro atoms. The second-order valence-corrected chi connectivity index (χ2v) is 4.60. The number of aryl methyl sites for hydroxylation is 1. The summed E-state index contributed by atoms with van der Waals surface area (Å²) in [6, 6.07) is 1.99. The van der Waals surface area contributed by atoms with Crippen molar-refractivity contribution in [1.29, 1.82) is 0 Å². The molecule has 1 aromatic rings. The maximum absolute atomic E-state index is 11.7. The molecule has 0 amide bonds. The minimum Gasteiger partial charge on any atom is -0.294 e. The molecule has 0 unspecified atom stereocenters. The highest BCUT2D eigenvalue weighted by Crippen LogP contribution is 2.24. The Kier molecular flexibility index (Phi) is 2.79. The van der Waals surface area contributed by atoms with Crippen molar-refractivity contribution in [3.63, 3.8) is 0 Å². The van der Waals surface area contributed by atoms with Gasteiger partial charge in [0.05, 0.1) is 0 Å². The van der Waals surface area contributed by atoms with Crippen molar-refractivity contribution in [3.8, 4) is 0 Å². The fraction of sp³-hybridized carbons (Fsp3) is 0.545. The third kappa shape index (κ3) is 1.99. The highest BCUT2D eigenvalue weighted by atomic mass is 32.1. The van der Waals surface area contributed by atoms with Gasteiger partial charge in [0.2, 0.25) is 0 Å². The van der Waals surface area contributed by atoms with Gasteiger partial charge < -0.3 is 0 Å². The first-order valence-electron chi connectivity index (χ1n) is 4.97. The highest BCUT2D eigenvalue weighted by molar-refractivity contribution is 7.10. The average molecular weight is 194 g/mol. The molecule has 0 saturated heterocycles. The van der Waals surface area contributed by atoms with Crippen LogP contribution in [-0.4, -0.2) is 5.78 Å². The number of Topliss-reactive ketones (excluding diaryl/α,β-unsaturated/α-hetero) is 1. The summed E-state index contributed by atoms with van der Waals surface area (Å²) in [6.07, 6.45) is 6.70. The van der Waals surface area contributed by atoms with Crippen LogP contribution in [0.2, 0.25) is 0 Å². The van der Waals surface area contributed by atoms with Crippen LogP contribution in [0.25, 0.3) is 0 Å². The monoisotopic (exact) mass is 194 g/mol. The number of rotatable bonds is 0. The van der Waals surface area contributed by atoms with Gasteiger partial charge in [-0.2, -0.15) is 0 Å². The van der Waals surface area contributed by atoms with E-state index in [0.29, 0.717) is 5.78 Å². The summed E-state index contributed by atoms with van der Waals surface area (Å²) in [5, 5.41) is 2.05. The molecule has 1 aliphatic carbocycles. The summed E-state index contributed by atoms with van der Waals surface area (Å²) in [5.41, 5.74) is 1.01. The van der Waals surface area contributed by atoms with Crippen molar-refractivity contribution in [2.45, 2.75) is 38.5 Å². The van der Waals surface area contributed by atoms with Crippen LogP contribution in [0.1, 0.15) is 47.3 Å². The van der Waals surface area contributed by atoms with Gasteiger partial charge in [-0.3, -0.25) is 4.79 Å². The Balaban J connectivity index is 2.24. The maximum atomic E-state index is 11.7. The molecule has 0 bridgehead atoms. The van der Waals surface area contributed by atoms with E-state index in [4.69, 9.17) is 0 Å². The largest absolute Gasteiger partial charge is 0.294 e. The summed E-state index contributed by atoms with van der Waals surface area (Å²) < 4.78 is 0. The summed E-state index contributed by atoms with van der Waals surface area (Å²) in [7, 11) is 0. The predicted octanol–water partition coefficient (Wildman–Crippen LogP) is 3.44. The summed E-state index contributed by atoms with van der Waals surface area (Å²) in [6.45, 7) is 0. The van der Waals surface area contributed by atoms with E-state index in [9.17, 15) is 4.79 Å². The van der Waals surface area contributed by atoms with Crippen molar-refractivity contribution < 1.29 is 4.79 Å². The van der Waals surface area contributed by atoms with E-state index in [1.807, 2.05) is 11.4 Å². The highest BCUT2D eigenvalue weighted by Gasteiger charge is 2.13. The van der Waals surface area contributed by atoms with Crippen molar-refractivity contribution in [3.05, 3.63) is 21.9 Å². The van der Waals surface area contributed by atoms with E-state index >= 15 is 0 Å². The molecule has 13 heavy (non-hydrogen) atoms. The van der Waals surface area contributed by atoms with Gasteiger partial charge in [-0.05, 0) is 30.7 Å². The van der Waals surface area contributed by atoms with Gasteiger partial charge in [-0.1, -0.05) is 12.8 Å². The lowest BCUT2D eigenvalue weighted by molar-refractivity contribution is 0.0979. The van der Waals surface area contributed by atoms with Crippen LogP contribution < -0.4 is 0 Å². The first-order valence-corrected chi connectivity index (χ1v) is 5.85. The Labute approximate surface area is 82.8 Å². The van der Waals surface area contributed by atoms with Crippen LogP contribution in [0.3, 0.4) is 0 Å². The van der Waals surface area contributed by atoms with E-state index in [-0.39, 0.29) is 0 Å². The van der Waals surface area contributed by atoms with E-state index in [0.717, 1.165) is 24.8 Å². The molecular weight excluding hydrogens is 180 g/mol. The lowest BCUT2D eigenvalue weighted by atomic mass is 10.1. The second-order valence-electron chi connectivity index (χ2n) is 3.59. The average Bonchev–Trinajstić information content (AvgIpc) is 2.58. The Morgan fingerprint density at radius 3 is 2.69 bits per heavy atom. The van der Waals surface area contributed by atoms with Gasteiger partial charge >= 0.3 is 0 Å². The molecule has 0 aromatic carbocycles. The third-order valence-corrected chi connectivity index (χ3v) is 3.58. The number of carbonyl (C=O) groups is 1. The summed E-state index contributed by atoms with van der Waals surface area (Å²) in [4.78, 5) is 13.0. The minimum atomic E-state index is 0.359. The SMILES string of the molecule is O=C1CCCCCCc2sccc21. The number of carbonyl (C=O) groups excluding carboxylic acids is 1. The number of thiophene rings is 1. The molecule has 1 aliphatic rings. The number of ketones is 1. The second kappa shape index (κ2) is 4.05. The van der Waals surface area contributed by atoms with Crippen molar-refractivity contribution in [2.24, 2.45) is 0 Å². The van der Waals surface area contributed by atoms with Crippen LogP contribution in [0.5, 0.6) is 0 Å². The zero-order valence-electron chi connectivity index (χ0n) is 7.71. The van der Waals surface area contributed by atoms with E-state index in [2.05, 4.69) is 0 Å². The molecule has 2 rings (SSSR count). The molecule has 0 atom stereocenters. The van der Waals surface area contributed by atoms with Crippen molar-refractivity contribution in [1.82, 2.24) is 0 Å². The van der Waals surface area contributed by atoms with Crippen molar-refractivity contribution in [2.75, 3.05) is 0 Å². The Bertz CT molecular complexity index is 301.